The van der Waals surface area contributed by atoms with Crippen molar-refractivity contribution < 1.29 is 18.8 Å². The van der Waals surface area contributed by atoms with Gasteiger partial charge < -0.3 is 4.90 Å². The van der Waals surface area contributed by atoms with Gasteiger partial charge in [-0.25, -0.2) is 9.29 Å². The summed E-state index contributed by atoms with van der Waals surface area (Å²) in [6.07, 6.45) is 4.39. The molecular formula is C24H25FN2O3. The fourth-order valence-electron chi connectivity index (χ4n) is 4.49. The minimum absolute atomic E-state index is 0.0582. The third-order valence-electron chi connectivity index (χ3n) is 6.06. The number of imide groups is 1. The summed E-state index contributed by atoms with van der Waals surface area (Å²) in [6.45, 7) is 1.93. The summed E-state index contributed by atoms with van der Waals surface area (Å²) in [4.78, 5) is 42.2. The van der Waals surface area contributed by atoms with E-state index < -0.39 is 23.7 Å². The van der Waals surface area contributed by atoms with Crippen molar-refractivity contribution in [1.29, 1.82) is 0 Å². The minimum Gasteiger partial charge on any atom is -0.323 e. The highest BCUT2D eigenvalue weighted by atomic mass is 19.1. The Bertz CT molecular complexity index is 967. The zero-order valence-corrected chi connectivity index (χ0v) is 17.0. The van der Waals surface area contributed by atoms with Gasteiger partial charge in [-0.3, -0.25) is 14.4 Å². The van der Waals surface area contributed by atoms with Crippen molar-refractivity contribution in [2.75, 3.05) is 4.90 Å². The van der Waals surface area contributed by atoms with Crippen molar-refractivity contribution in [3.05, 3.63) is 65.5 Å². The van der Waals surface area contributed by atoms with Crippen molar-refractivity contribution in [1.82, 2.24) is 4.90 Å². The van der Waals surface area contributed by atoms with Crippen LogP contribution >= 0.6 is 0 Å². The molecular weight excluding hydrogens is 383 g/mol. The Morgan fingerprint density at radius 1 is 1.00 bits per heavy atom. The second kappa shape index (κ2) is 8.38. The molecule has 6 heteroatoms. The van der Waals surface area contributed by atoms with Crippen molar-refractivity contribution >= 4 is 23.4 Å². The number of hydrogen-bond acceptors (Lipinski definition) is 3. The molecule has 0 aromatic heterocycles. The third-order valence-corrected chi connectivity index (χ3v) is 6.06. The number of nitrogens with zero attached hydrogens (tertiary/aromatic N) is 2. The summed E-state index contributed by atoms with van der Waals surface area (Å²) in [6, 6.07) is 11.9. The van der Waals surface area contributed by atoms with E-state index >= 15 is 0 Å². The molecule has 5 nitrogen and oxygen atoms in total. The molecule has 1 heterocycles. The van der Waals surface area contributed by atoms with Crippen molar-refractivity contribution in [2.45, 2.75) is 57.5 Å². The predicted molar refractivity (Wildman–Crippen MR) is 112 cm³/mol. The van der Waals surface area contributed by atoms with E-state index in [0.717, 1.165) is 42.6 Å². The molecule has 3 amide bonds. The van der Waals surface area contributed by atoms with Gasteiger partial charge in [-0.2, -0.15) is 0 Å². The van der Waals surface area contributed by atoms with Gasteiger partial charge in [0.05, 0.1) is 17.7 Å². The Labute approximate surface area is 175 Å². The number of carbonyl (C=O) groups excluding carboxylic acids is 3. The van der Waals surface area contributed by atoms with Gasteiger partial charge in [-0.05, 0) is 44.0 Å². The molecule has 1 aliphatic heterocycles. The first-order valence-electron chi connectivity index (χ1n) is 10.5. The van der Waals surface area contributed by atoms with Gasteiger partial charge in [0.25, 0.3) is 11.8 Å². The quantitative estimate of drug-likeness (QED) is 0.711. The Kier molecular flexibility index (Phi) is 5.66. The van der Waals surface area contributed by atoms with Crippen LogP contribution < -0.4 is 4.90 Å². The second-order valence-electron chi connectivity index (χ2n) is 8.11. The number of aryl methyl sites for hydroxylation is 1. The van der Waals surface area contributed by atoms with E-state index in [1.54, 1.807) is 18.2 Å². The van der Waals surface area contributed by atoms with E-state index in [2.05, 4.69) is 0 Å². The smallest absolute Gasteiger partial charge is 0.257 e. The fraction of sp³-hybridized carbons (Fsp3) is 0.375. The van der Waals surface area contributed by atoms with Gasteiger partial charge in [0, 0.05) is 6.04 Å². The van der Waals surface area contributed by atoms with Crippen LogP contribution in [0, 0.1) is 12.7 Å². The number of anilines is 1. The number of carbonyl (C=O) groups is 3. The standard InChI is InChI=1S/C24H25FN2O3/c1-16-11-13-18(14-12-16)27-22(28)15-21(24(27)30)26(17-7-3-2-4-8-17)23(29)19-9-5-6-10-20(19)25/h5-6,9-14,17,21H,2-4,7-8,15H2,1H3. The highest BCUT2D eigenvalue weighted by Gasteiger charge is 2.47. The summed E-state index contributed by atoms with van der Waals surface area (Å²) < 4.78 is 14.4. The van der Waals surface area contributed by atoms with Gasteiger partial charge >= 0.3 is 0 Å². The molecule has 30 heavy (non-hydrogen) atoms. The molecule has 2 aliphatic rings. The van der Waals surface area contributed by atoms with Crippen LogP contribution in [0.1, 0.15) is 54.4 Å². The predicted octanol–water partition coefficient (Wildman–Crippen LogP) is 4.24. The lowest BCUT2D eigenvalue weighted by atomic mass is 9.92. The SMILES string of the molecule is Cc1ccc(N2C(=O)CC(N(C(=O)c3ccccc3F)C3CCCCC3)C2=O)cc1. The summed E-state index contributed by atoms with van der Waals surface area (Å²) in [5.41, 5.74) is 1.46. The number of rotatable bonds is 4. The van der Waals surface area contributed by atoms with Crippen LogP contribution in [0.4, 0.5) is 10.1 Å². The lowest BCUT2D eigenvalue weighted by Gasteiger charge is -2.37. The topological polar surface area (TPSA) is 57.7 Å². The number of halogens is 1. The van der Waals surface area contributed by atoms with Crippen LogP contribution in [0.5, 0.6) is 0 Å². The molecule has 2 aromatic rings. The third kappa shape index (κ3) is 3.74. The molecule has 4 rings (SSSR count). The first-order chi connectivity index (χ1) is 14.5. The van der Waals surface area contributed by atoms with Gasteiger partial charge in [0.2, 0.25) is 5.91 Å². The number of amides is 3. The lowest BCUT2D eigenvalue weighted by Crippen LogP contribution is -2.51. The molecule has 156 valence electrons. The summed E-state index contributed by atoms with van der Waals surface area (Å²) in [5.74, 6) is -1.89. The molecule has 1 saturated heterocycles. The average molecular weight is 408 g/mol. The maximum Gasteiger partial charge on any atom is 0.257 e. The monoisotopic (exact) mass is 408 g/mol. The van der Waals surface area contributed by atoms with Crippen LogP contribution in [-0.2, 0) is 9.59 Å². The van der Waals surface area contributed by atoms with E-state index in [9.17, 15) is 18.8 Å². The first-order valence-corrected chi connectivity index (χ1v) is 10.5. The van der Waals surface area contributed by atoms with E-state index in [4.69, 9.17) is 0 Å². The van der Waals surface area contributed by atoms with Crippen LogP contribution in [0.15, 0.2) is 48.5 Å². The normalized spacial score (nSPS) is 19.9. The highest BCUT2D eigenvalue weighted by molar-refractivity contribution is 6.23. The van der Waals surface area contributed by atoms with Crippen LogP contribution in [0.2, 0.25) is 0 Å². The van der Waals surface area contributed by atoms with Crippen LogP contribution in [0.3, 0.4) is 0 Å². The molecule has 0 radical (unpaired) electrons. The van der Waals surface area contributed by atoms with Gasteiger partial charge in [0.15, 0.2) is 0 Å². The maximum absolute atomic E-state index is 14.4. The first kappa shape index (κ1) is 20.3. The maximum atomic E-state index is 14.4. The molecule has 2 fully saturated rings. The largest absolute Gasteiger partial charge is 0.323 e. The van der Waals surface area contributed by atoms with E-state index in [-0.39, 0.29) is 23.9 Å². The molecule has 0 N–H and O–H groups in total. The highest BCUT2D eigenvalue weighted by Crippen LogP contribution is 2.32. The van der Waals surface area contributed by atoms with Gasteiger partial charge in [-0.15, -0.1) is 0 Å². The molecule has 1 atom stereocenters. The Hall–Kier alpha value is -3.02. The van der Waals surface area contributed by atoms with Crippen molar-refractivity contribution in [3.8, 4) is 0 Å². The van der Waals surface area contributed by atoms with Crippen LogP contribution in [-0.4, -0.2) is 34.7 Å². The Morgan fingerprint density at radius 3 is 2.33 bits per heavy atom. The van der Waals surface area contributed by atoms with E-state index in [1.165, 1.54) is 23.1 Å². The Morgan fingerprint density at radius 2 is 1.67 bits per heavy atom. The van der Waals surface area contributed by atoms with Gasteiger partial charge in [-0.1, -0.05) is 49.1 Å². The molecule has 1 unspecified atom stereocenters. The lowest BCUT2D eigenvalue weighted by molar-refractivity contribution is -0.123. The summed E-state index contributed by atoms with van der Waals surface area (Å²) >= 11 is 0. The summed E-state index contributed by atoms with van der Waals surface area (Å²) in [5, 5.41) is 0. The summed E-state index contributed by atoms with van der Waals surface area (Å²) in [7, 11) is 0. The van der Waals surface area contributed by atoms with E-state index in [1.807, 2.05) is 19.1 Å². The zero-order valence-electron chi connectivity index (χ0n) is 17.0. The molecule has 2 aromatic carbocycles. The molecule has 0 spiro atoms. The van der Waals surface area contributed by atoms with Crippen molar-refractivity contribution in [2.24, 2.45) is 0 Å². The van der Waals surface area contributed by atoms with Gasteiger partial charge in [0.1, 0.15) is 11.9 Å². The fourth-order valence-corrected chi connectivity index (χ4v) is 4.49. The molecule has 1 saturated carbocycles. The number of hydrogen-bond donors (Lipinski definition) is 0. The Balaban J connectivity index is 1.69. The van der Waals surface area contributed by atoms with Crippen LogP contribution in [0.25, 0.3) is 0 Å². The van der Waals surface area contributed by atoms with E-state index in [0.29, 0.717) is 5.69 Å². The molecule has 1 aliphatic carbocycles. The second-order valence-corrected chi connectivity index (χ2v) is 8.11. The minimum atomic E-state index is -0.908. The van der Waals surface area contributed by atoms with Crippen molar-refractivity contribution in [3.63, 3.8) is 0 Å². The zero-order chi connectivity index (χ0) is 21.3. The molecule has 0 bridgehead atoms. The average Bonchev–Trinajstić information content (AvgIpc) is 3.04. The number of benzene rings is 2.